The molecular weight excluding hydrogens is 905 g/mol. The van der Waals surface area contributed by atoms with Gasteiger partial charge in [-0.25, -0.2) is 9.59 Å². The molecule has 2 amide bonds. The monoisotopic (exact) mass is 981 g/mol. The number of carbonyl (C=O) groups excluding carboxylic acids is 3. The highest BCUT2D eigenvalue weighted by Gasteiger charge is 2.71. The first-order valence-electron chi connectivity index (χ1n) is 25.9. The molecule has 0 aromatic rings. The maximum Gasteiger partial charge on any atom is 0.410 e. The minimum Gasteiger partial charge on any atom is -0.446 e. The number of Topliss-reactive ketones (excluding diaryl/α,β-unsaturated/α-hetero) is 1. The molecule has 3 unspecified atom stereocenters. The molecule has 0 aromatic carbocycles. The Balaban J connectivity index is 0.769. The van der Waals surface area contributed by atoms with Crippen molar-refractivity contribution in [2.45, 2.75) is 165 Å². The predicted octanol–water partition coefficient (Wildman–Crippen LogP) is 1.57. The van der Waals surface area contributed by atoms with Crippen LogP contribution in [0.5, 0.6) is 0 Å². The fraction of sp³-hybridized carbons (Fsp3) is 0.939. The topological polar surface area (TPSA) is 251 Å². The summed E-state index contributed by atoms with van der Waals surface area (Å²) in [5, 5.41) is 56.5. The van der Waals surface area contributed by atoms with Crippen LogP contribution in [-0.2, 0) is 52.2 Å². The number of ketones is 1. The average molecular weight is 981 g/mol. The summed E-state index contributed by atoms with van der Waals surface area (Å²) in [4.78, 5) is 43.6. The van der Waals surface area contributed by atoms with Crippen LogP contribution in [0.1, 0.15) is 85.5 Å². The van der Waals surface area contributed by atoms with Crippen LogP contribution < -0.4 is 0 Å². The number of aliphatic hydroxyl groups is 5. The zero-order valence-corrected chi connectivity index (χ0v) is 40.5. The summed E-state index contributed by atoms with van der Waals surface area (Å²) in [6.07, 6.45) is -10.2. The Labute approximate surface area is 403 Å². The van der Waals surface area contributed by atoms with Gasteiger partial charge in [-0.15, -0.1) is 0 Å². The normalized spacial score (nSPS) is 49.9. The van der Waals surface area contributed by atoms with Gasteiger partial charge in [0.2, 0.25) is 0 Å². The smallest absolute Gasteiger partial charge is 0.410 e. The average Bonchev–Trinajstić information content (AvgIpc) is 3.79. The molecule has 6 aliphatic heterocycles. The van der Waals surface area contributed by atoms with E-state index in [2.05, 4.69) is 27.7 Å². The summed E-state index contributed by atoms with van der Waals surface area (Å²) < 4.78 is 59.9. The molecule has 20 heteroatoms. The highest BCUT2D eigenvalue weighted by Crippen LogP contribution is 2.70. The van der Waals surface area contributed by atoms with Crippen molar-refractivity contribution in [1.82, 2.24) is 9.80 Å². The number of fused-ring (bicyclic) bond motifs is 7. The van der Waals surface area contributed by atoms with E-state index < -0.39 is 92.6 Å². The molecule has 1 spiro atoms. The quantitative estimate of drug-likeness (QED) is 0.217. The van der Waals surface area contributed by atoms with Crippen molar-refractivity contribution < 1.29 is 87.3 Å². The van der Waals surface area contributed by atoms with E-state index in [0.29, 0.717) is 56.7 Å². The molecule has 10 rings (SSSR count). The van der Waals surface area contributed by atoms with Gasteiger partial charge in [0.1, 0.15) is 55.1 Å². The number of ether oxygens (including phenoxy) is 10. The summed E-state index contributed by atoms with van der Waals surface area (Å²) in [5.74, 6) is 1.67. The van der Waals surface area contributed by atoms with Crippen LogP contribution in [0.25, 0.3) is 0 Å². The molecule has 69 heavy (non-hydrogen) atoms. The number of morpholine rings is 2. The van der Waals surface area contributed by atoms with Crippen molar-refractivity contribution in [3.8, 4) is 0 Å². The van der Waals surface area contributed by atoms with Gasteiger partial charge in [-0.2, -0.15) is 0 Å². The number of amides is 2. The van der Waals surface area contributed by atoms with E-state index in [9.17, 15) is 39.9 Å². The molecule has 6 saturated heterocycles. The summed E-state index contributed by atoms with van der Waals surface area (Å²) in [6, 6.07) is 0. The minimum absolute atomic E-state index is 0.0560. The van der Waals surface area contributed by atoms with Crippen molar-refractivity contribution in [3.05, 3.63) is 0 Å². The van der Waals surface area contributed by atoms with Crippen molar-refractivity contribution in [2.24, 2.45) is 52.3 Å². The number of hydrogen-bond donors (Lipinski definition) is 5. The fourth-order valence-electron chi connectivity index (χ4n) is 15.1. The summed E-state index contributed by atoms with van der Waals surface area (Å²) in [6.45, 7) is 10.9. The Morgan fingerprint density at radius 2 is 1.41 bits per heavy atom. The first-order chi connectivity index (χ1) is 33.0. The van der Waals surface area contributed by atoms with Crippen LogP contribution in [0.2, 0.25) is 0 Å². The fourth-order valence-corrected chi connectivity index (χ4v) is 15.1. The van der Waals surface area contributed by atoms with E-state index in [0.717, 1.165) is 38.5 Å². The lowest BCUT2D eigenvalue weighted by Crippen LogP contribution is -2.65. The number of nitrogens with zero attached hydrogens (tertiary/aromatic N) is 2. The minimum atomic E-state index is -1.87. The second kappa shape index (κ2) is 19.8. The highest BCUT2D eigenvalue weighted by atomic mass is 16.8. The van der Waals surface area contributed by atoms with Gasteiger partial charge in [0, 0.05) is 50.9 Å². The maximum atomic E-state index is 14.6. The van der Waals surface area contributed by atoms with Gasteiger partial charge in [0.05, 0.1) is 51.8 Å². The zero-order valence-electron chi connectivity index (χ0n) is 40.5. The highest BCUT2D eigenvalue weighted by molar-refractivity contribution is 5.84. The number of aliphatic hydroxyl groups excluding tert-OH is 5. The van der Waals surface area contributed by atoms with Crippen LogP contribution in [0.4, 0.5) is 9.59 Å². The van der Waals surface area contributed by atoms with Gasteiger partial charge in [0.15, 0.2) is 24.5 Å². The van der Waals surface area contributed by atoms with E-state index >= 15 is 0 Å². The van der Waals surface area contributed by atoms with E-state index in [1.54, 1.807) is 0 Å². The molecule has 4 saturated carbocycles. The first kappa shape index (κ1) is 50.2. The third kappa shape index (κ3) is 9.04. The molecule has 5 N–H and O–H groups in total. The van der Waals surface area contributed by atoms with Crippen molar-refractivity contribution >= 4 is 18.0 Å². The van der Waals surface area contributed by atoms with Crippen LogP contribution >= 0.6 is 0 Å². The molecule has 10 aliphatic rings. The number of carbonyl (C=O) groups is 3. The van der Waals surface area contributed by atoms with Crippen LogP contribution in [-0.4, -0.2) is 205 Å². The third-order valence-electron chi connectivity index (χ3n) is 18.8. The van der Waals surface area contributed by atoms with Crippen LogP contribution in [0.15, 0.2) is 0 Å². The Morgan fingerprint density at radius 3 is 2.07 bits per heavy atom. The number of rotatable bonds is 8. The maximum absolute atomic E-state index is 14.6. The molecule has 4 aliphatic carbocycles. The summed E-state index contributed by atoms with van der Waals surface area (Å²) in [5.41, 5.74) is -0.361. The standard InChI is InChI=1S/C49H76N2O18/c1-25-7-10-49(63-23-25)26(2)35-32(69-49)20-30-29-6-5-27-19-28(8-9-47(27,3)36(29)31(53)21-48(30,35)4)64-43-39(56)37(54)41(33(22-52)65-43)67-44-40(57)38(55)42(68-46(59)51-13-17-61-18-14-51)34(66-44)24-62-45(58)50-11-15-60-16-12-50/h25-30,32-44,52,54-57H,5-24H2,1-4H3/t25-,26?,27+,28+,29+,30+,32?,33-,34-,35?,36-,37-,38-,39-,40-,41-,42-,43-,44+,47+,48+,49-/m1/s1. The van der Waals surface area contributed by atoms with Gasteiger partial charge >= 0.3 is 12.2 Å². The van der Waals surface area contributed by atoms with Gasteiger partial charge in [-0.1, -0.05) is 27.7 Å². The molecule has 20 nitrogen and oxygen atoms in total. The van der Waals surface area contributed by atoms with E-state index in [-0.39, 0.29) is 92.0 Å². The second-order valence-corrected chi connectivity index (χ2v) is 22.6. The molecule has 390 valence electrons. The summed E-state index contributed by atoms with van der Waals surface area (Å²) >= 11 is 0. The first-order valence-corrected chi connectivity index (χ1v) is 25.9. The number of hydrogen-bond acceptors (Lipinski definition) is 18. The van der Waals surface area contributed by atoms with Crippen molar-refractivity contribution in [3.63, 3.8) is 0 Å². The van der Waals surface area contributed by atoms with Gasteiger partial charge in [0.25, 0.3) is 0 Å². The van der Waals surface area contributed by atoms with Crippen molar-refractivity contribution in [1.29, 1.82) is 0 Å². The Kier molecular flexibility index (Phi) is 14.4. The van der Waals surface area contributed by atoms with Crippen molar-refractivity contribution in [2.75, 3.05) is 72.4 Å². The Morgan fingerprint density at radius 1 is 0.754 bits per heavy atom. The Bertz CT molecular complexity index is 1840. The molecule has 0 radical (unpaired) electrons. The SMILES string of the molecule is CC1C2C(C[C@H]3[C@@H]4CC[C@H]5C[C@@H](O[C@@H]6O[C@H](CO)[C@@H](O[C@@H]7O[C@H](COC(=O)N8CCOCC8)[C@@H](OC(=O)N8CCOCC8)[C@H](O)[C@H]7O)[C@H](O)[C@H]6O)CC[C@]5(C)[C@H]4C(=O)C[C@]23C)O[C@]12CC[C@@H](C)CO2. The molecule has 0 bridgehead atoms. The van der Waals surface area contributed by atoms with E-state index in [1.807, 2.05) is 0 Å². The molecule has 22 atom stereocenters. The van der Waals surface area contributed by atoms with Crippen LogP contribution in [0.3, 0.4) is 0 Å². The lowest BCUT2D eigenvalue weighted by atomic mass is 9.44. The van der Waals surface area contributed by atoms with E-state index in [1.165, 1.54) is 9.80 Å². The van der Waals surface area contributed by atoms with E-state index in [4.69, 9.17) is 47.4 Å². The lowest BCUT2D eigenvalue weighted by Gasteiger charge is -2.60. The summed E-state index contributed by atoms with van der Waals surface area (Å²) in [7, 11) is 0. The largest absolute Gasteiger partial charge is 0.446 e. The van der Waals surface area contributed by atoms with Gasteiger partial charge in [-0.05, 0) is 85.4 Å². The second-order valence-electron chi connectivity index (χ2n) is 22.6. The molecule has 6 heterocycles. The molecule has 10 fully saturated rings. The third-order valence-corrected chi connectivity index (χ3v) is 18.8. The molecule has 0 aromatic heterocycles. The lowest BCUT2D eigenvalue weighted by molar-refractivity contribution is -0.364. The van der Waals surface area contributed by atoms with Gasteiger partial charge < -0.3 is 82.7 Å². The Hall–Kier alpha value is -2.31. The molecular formula is C49H76N2O18. The van der Waals surface area contributed by atoms with Crippen LogP contribution in [0, 0.1) is 52.3 Å². The predicted molar refractivity (Wildman–Crippen MR) is 237 cm³/mol. The van der Waals surface area contributed by atoms with Gasteiger partial charge in [-0.3, -0.25) is 4.79 Å². The zero-order chi connectivity index (χ0) is 48.6.